The number of fused-ring (bicyclic) bond motifs is 1. The Balaban J connectivity index is 1.57. The smallest absolute Gasteiger partial charge is 0.0685 e. The molecule has 0 amide bonds. The second kappa shape index (κ2) is 4.49. The summed E-state index contributed by atoms with van der Waals surface area (Å²) in [7, 11) is 0. The van der Waals surface area contributed by atoms with Crippen molar-refractivity contribution in [2.75, 3.05) is 13.2 Å². The van der Waals surface area contributed by atoms with Crippen LogP contribution in [-0.2, 0) is 4.74 Å². The first-order valence-corrected chi connectivity index (χ1v) is 7.88. The van der Waals surface area contributed by atoms with Crippen molar-refractivity contribution in [2.45, 2.75) is 71.4 Å². The van der Waals surface area contributed by atoms with Gasteiger partial charge in [0.1, 0.15) is 0 Å². The van der Waals surface area contributed by atoms with Crippen LogP contribution in [0.2, 0.25) is 0 Å². The predicted octanol–water partition coefficient (Wildman–Crippen LogP) is 3.36. The monoisotopic (exact) mass is 251 g/mol. The molecule has 18 heavy (non-hydrogen) atoms. The molecule has 1 aliphatic heterocycles. The Bertz CT molecular complexity index is 306. The second-order valence-corrected chi connectivity index (χ2v) is 7.80. The molecule has 0 spiro atoms. The molecule has 2 nitrogen and oxygen atoms in total. The Labute approximate surface area is 112 Å². The van der Waals surface area contributed by atoms with Crippen molar-refractivity contribution >= 4 is 0 Å². The third-order valence-electron chi connectivity index (χ3n) is 5.91. The van der Waals surface area contributed by atoms with E-state index in [1.807, 2.05) is 0 Å². The Morgan fingerprint density at radius 3 is 2.56 bits per heavy atom. The average molecular weight is 251 g/mol. The van der Waals surface area contributed by atoms with Gasteiger partial charge in [0.25, 0.3) is 0 Å². The Morgan fingerprint density at radius 1 is 1.11 bits per heavy atom. The van der Waals surface area contributed by atoms with Crippen molar-refractivity contribution < 1.29 is 4.74 Å². The fourth-order valence-electron chi connectivity index (χ4n) is 4.68. The molecule has 1 heterocycles. The summed E-state index contributed by atoms with van der Waals surface area (Å²) in [5.41, 5.74) is 0.894. The SMILES string of the molecule is CC1(CNC2C3CCOC3C2(C)C)CCCCC1. The highest BCUT2D eigenvalue weighted by Gasteiger charge is 2.59. The van der Waals surface area contributed by atoms with Gasteiger partial charge in [-0.2, -0.15) is 0 Å². The molecule has 0 aromatic rings. The molecule has 3 fully saturated rings. The molecule has 1 saturated heterocycles. The van der Waals surface area contributed by atoms with E-state index in [-0.39, 0.29) is 0 Å². The van der Waals surface area contributed by atoms with E-state index in [2.05, 4.69) is 26.1 Å². The minimum absolute atomic E-state index is 0.339. The van der Waals surface area contributed by atoms with Gasteiger partial charge in [0, 0.05) is 30.5 Å². The number of ether oxygens (including phenoxy) is 1. The Kier molecular flexibility index (Phi) is 3.22. The number of nitrogens with one attached hydrogen (secondary N) is 1. The molecule has 3 atom stereocenters. The summed E-state index contributed by atoms with van der Waals surface area (Å²) in [5, 5.41) is 3.91. The van der Waals surface area contributed by atoms with Gasteiger partial charge in [0.2, 0.25) is 0 Å². The molecule has 2 aliphatic carbocycles. The number of hydrogen-bond acceptors (Lipinski definition) is 2. The fourth-order valence-corrected chi connectivity index (χ4v) is 4.68. The van der Waals surface area contributed by atoms with Gasteiger partial charge in [-0.1, -0.05) is 40.0 Å². The van der Waals surface area contributed by atoms with Crippen LogP contribution in [0.25, 0.3) is 0 Å². The summed E-state index contributed by atoms with van der Waals surface area (Å²) in [6.07, 6.45) is 8.93. The van der Waals surface area contributed by atoms with Gasteiger partial charge in [-0.3, -0.25) is 0 Å². The fraction of sp³-hybridized carbons (Fsp3) is 1.00. The third kappa shape index (κ3) is 2.02. The van der Waals surface area contributed by atoms with E-state index < -0.39 is 0 Å². The highest BCUT2D eigenvalue weighted by Crippen LogP contribution is 2.52. The molecule has 0 aromatic carbocycles. The van der Waals surface area contributed by atoms with Crippen LogP contribution < -0.4 is 5.32 Å². The van der Waals surface area contributed by atoms with E-state index in [0.29, 0.717) is 23.0 Å². The van der Waals surface area contributed by atoms with Crippen LogP contribution >= 0.6 is 0 Å². The molecule has 2 heteroatoms. The summed E-state index contributed by atoms with van der Waals surface area (Å²) < 4.78 is 5.87. The van der Waals surface area contributed by atoms with E-state index in [9.17, 15) is 0 Å². The van der Waals surface area contributed by atoms with Crippen molar-refractivity contribution in [3.63, 3.8) is 0 Å². The molecule has 0 bridgehead atoms. The first kappa shape index (κ1) is 12.9. The topological polar surface area (TPSA) is 21.3 Å². The summed E-state index contributed by atoms with van der Waals surface area (Å²) in [6.45, 7) is 9.42. The van der Waals surface area contributed by atoms with Crippen LogP contribution in [0.4, 0.5) is 0 Å². The van der Waals surface area contributed by atoms with Gasteiger partial charge in [0.05, 0.1) is 6.10 Å². The lowest BCUT2D eigenvalue weighted by Crippen LogP contribution is -2.66. The molecule has 2 saturated carbocycles. The lowest BCUT2D eigenvalue weighted by molar-refractivity contribution is -0.114. The van der Waals surface area contributed by atoms with Crippen LogP contribution in [0.5, 0.6) is 0 Å². The maximum Gasteiger partial charge on any atom is 0.0685 e. The highest BCUT2D eigenvalue weighted by molar-refractivity contribution is 5.11. The minimum Gasteiger partial charge on any atom is -0.377 e. The van der Waals surface area contributed by atoms with Crippen molar-refractivity contribution in [1.82, 2.24) is 5.32 Å². The van der Waals surface area contributed by atoms with Crippen molar-refractivity contribution in [1.29, 1.82) is 0 Å². The lowest BCUT2D eigenvalue weighted by Gasteiger charge is -2.55. The van der Waals surface area contributed by atoms with Crippen molar-refractivity contribution in [2.24, 2.45) is 16.7 Å². The van der Waals surface area contributed by atoms with E-state index in [4.69, 9.17) is 4.74 Å². The molecule has 1 N–H and O–H groups in total. The maximum atomic E-state index is 5.87. The first-order valence-electron chi connectivity index (χ1n) is 7.88. The molecule has 3 rings (SSSR count). The molecule has 0 aromatic heterocycles. The normalized spacial score (nSPS) is 41.2. The zero-order chi connectivity index (χ0) is 12.8. The van der Waals surface area contributed by atoms with Crippen LogP contribution in [0.3, 0.4) is 0 Å². The second-order valence-electron chi connectivity index (χ2n) is 7.80. The molecule has 3 aliphatic rings. The van der Waals surface area contributed by atoms with Crippen LogP contribution in [0, 0.1) is 16.7 Å². The predicted molar refractivity (Wildman–Crippen MR) is 74.6 cm³/mol. The van der Waals surface area contributed by atoms with Gasteiger partial charge in [-0.05, 0) is 24.7 Å². The largest absolute Gasteiger partial charge is 0.377 e. The van der Waals surface area contributed by atoms with Crippen LogP contribution in [0.15, 0.2) is 0 Å². The first-order chi connectivity index (χ1) is 8.53. The van der Waals surface area contributed by atoms with Gasteiger partial charge in [-0.15, -0.1) is 0 Å². The quantitative estimate of drug-likeness (QED) is 0.830. The Morgan fingerprint density at radius 2 is 1.83 bits per heavy atom. The van der Waals surface area contributed by atoms with Crippen LogP contribution in [-0.4, -0.2) is 25.3 Å². The van der Waals surface area contributed by atoms with E-state index in [0.717, 1.165) is 12.5 Å². The van der Waals surface area contributed by atoms with Gasteiger partial charge in [0.15, 0.2) is 0 Å². The molecular weight excluding hydrogens is 222 g/mol. The molecule has 3 unspecified atom stereocenters. The highest BCUT2D eigenvalue weighted by atomic mass is 16.5. The van der Waals surface area contributed by atoms with E-state index in [1.165, 1.54) is 45.1 Å². The Hall–Kier alpha value is -0.0800. The zero-order valence-corrected chi connectivity index (χ0v) is 12.3. The molecule has 0 radical (unpaired) electrons. The molecular formula is C16H29NO. The van der Waals surface area contributed by atoms with Gasteiger partial charge >= 0.3 is 0 Å². The van der Waals surface area contributed by atoms with E-state index in [1.54, 1.807) is 0 Å². The van der Waals surface area contributed by atoms with Gasteiger partial charge < -0.3 is 10.1 Å². The average Bonchev–Trinajstić information content (AvgIpc) is 2.76. The van der Waals surface area contributed by atoms with Crippen molar-refractivity contribution in [3.05, 3.63) is 0 Å². The zero-order valence-electron chi connectivity index (χ0n) is 12.3. The number of hydrogen-bond donors (Lipinski definition) is 1. The van der Waals surface area contributed by atoms with Gasteiger partial charge in [-0.25, -0.2) is 0 Å². The third-order valence-corrected chi connectivity index (χ3v) is 5.91. The summed E-state index contributed by atoms with van der Waals surface area (Å²) in [4.78, 5) is 0. The number of rotatable bonds is 3. The van der Waals surface area contributed by atoms with Crippen molar-refractivity contribution in [3.8, 4) is 0 Å². The lowest BCUT2D eigenvalue weighted by atomic mass is 9.57. The standard InChI is InChI=1S/C16H29NO/c1-15(2)13(12-7-10-18-14(12)15)17-11-16(3)8-5-4-6-9-16/h12-14,17H,4-11H2,1-3H3. The summed E-state index contributed by atoms with van der Waals surface area (Å²) in [5.74, 6) is 0.784. The molecule has 104 valence electrons. The van der Waals surface area contributed by atoms with Crippen LogP contribution in [0.1, 0.15) is 59.3 Å². The minimum atomic E-state index is 0.339. The summed E-state index contributed by atoms with van der Waals surface area (Å²) >= 11 is 0. The summed E-state index contributed by atoms with van der Waals surface area (Å²) in [6, 6.07) is 0.684. The van der Waals surface area contributed by atoms with E-state index >= 15 is 0 Å². The maximum absolute atomic E-state index is 5.87.